The van der Waals surface area contributed by atoms with Crippen molar-refractivity contribution in [1.82, 2.24) is 19.9 Å². The lowest BCUT2D eigenvalue weighted by Gasteiger charge is -2.09. The molecule has 154 valence electrons. The minimum atomic E-state index is -0.553. The molecule has 0 aromatic carbocycles. The minimum absolute atomic E-state index is 0.0654. The van der Waals surface area contributed by atoms with Gasteiger partial charge in [-0.05, 0) is 35.6 Å². The molecule has 0 spiro atoms. The Morgan fingerprint density at radius 3 is 2.73 bits per heavy atom. The molecule has 0 atom stereocenters. The van der Waals surface area contributed by atoms with Crippen molar-refractivity contribution in [3.05, 3.63) is 71.3 Å². The maximum absolute atomic E-state index is 14.6. The fourth-order valence-corrected chi connectivity index (χ4v) is 3.49. The fraction of sp³-hybridized carbons (Fsp3) is 0.190. The highest BCUT2D eigenvalue weighted by atomic mass is 32.2. The molecule has 0 saturated carbocycles. The Kier molecular flexibility index (Phi) is 5.80. The normalized spacial score (nSPS) is 11.1. The van der Waals surface area contributed by atoms with E-state index in [1.54, 1.807) is 30.1 Å². The number of aromatic nitrogens is 4. The molecule has 0 aliphatic rings. The van der Waals surface area contributed by atoms with Gasteiger partial charge in [-0.25, -0.2) is 19.3 Å². The summed E-state index contributed by atoms with van der Waals surface area (Å²) in [7, 11) is 1.35. The summed E-state index contributed by atoms with van der Waals surface area (Å²) in [6.07, 6.45) is 7.53. The number of hydrogen-bond donors (Lipinski definition) is 2. The average molecular weight is 427 g/mol. The first-order valence-electron chi connectivity index (χ1n) is 9.15. The smallest absolute Gasteiger partial charge is 0.250 e. The van der Waals surface area contributed by atoms with Crippen LogP contribution in [-0.4, -0.2) is 33.3 Å². The second-order valence-electron chi connectivity index (χ2n) is 6.60. The van der Waals surface area contributed by atoms with Crippen molar-refractivity contribution in [3.8, 4) is 5.88 Å². The molecule has 0 aliphatic heterocycles. The standard InChI is InChI=1S/C21H19F2N5OS/c1-29-21-17(22)5-12(9-27-21)8-24-18-4-3-13(19(23)28-18)6-14-10-25-20-16(14)7-15(30-2)11-26-20/h3-5,7,9-11H,6,8H2,1-2H3,(H,24,28)(H,25,26). The van der Waals surface area contributed by atoms with Crippen LogP contribution < -0.4 is 10.1 Å². The number of hydrogen-bond acceptors (Lipinski definition) is 6. The van der Waals surface area contributed by atoms with E-state index >= 15 is 0 Å². The first kappa shape index (κ1) is 20.1. The van der Waals surface area contributed by atoms with Crippen molar-refractivity contribution in [3.63, 3.8) is 0 Å². The summed E-state index contributed by atoms with van der Waals surface area (Å²) in [5.74, 6) is -0.811. The zero-order valence-corrected chi connectivity index (χ0v) is 17.2. The van der Waals surface area contributed by atoms with Gasteiger partial charge in [-0.15, -0.1) is 11.8 Å². The lowest BCUT2D eigenvalue weighted by molar-refractivity contribution is 0.368. The van der Waals surface area contributed by atoms with E-state index in [0.717, 1.165) is 21.5 Å². The first-order chi connectivity index (χ1) is 14.6. The number of nitrogens with zero attached hydrogens (tertiary/aromatic N) is 3. The topological polar surface area (TPSA) is 75.7 Å². The molecule has 4 rings (SSSR count). The third kappa shape index (κ3) is 4.20. The summed E-state index contributed by atoms with van der Waals surface area (Å²) in [6.45, 7) is 0.255. The SMILES string of the molecule is COc1ncc(CNc2ccc(Cc3c[nH]c4ncc(SC)cc34)c(F)n2)cc1F. The molecule has 4 aromatic rings. The maximum atomic E-state index is 14.6. The lowest BCUT2D eigenvalue weighted by Crippen LogP contribution is -2.05. The minimum Gasteiger partial charge on any atom is -0.479 e. The number of rotatable bonds is 7. The number of aromatic amines is 1. The van der Waals surface area contributed by atoms with Crippen LogP contribution in [0.4, 0.5) is 14.6 Å². The van der Waals surface area contributed by atoms with Gasteiger partial charge in [0, 0.05) is 47.4 Å². The van der Waals surface area contributed by atoms with Gasteiger partial charge in [0.2, 0.25) is 11.8 Å². The van der Waals surface area contributed by atoms with Gasteiger partial charge in [0.05, 0.1) is 7.11 Å². The largest absolute Gasteiger partial charge is 0.479 e. The van der Waals surface area contributed by atoms with Crippen LogP contribution in [0.3, 0.4) is 0 Å². The molecule has 4 heterocycles. The predicted octanol–water partition coefficient (Wildman–Crippen LogP) is 4.56. The number of anilines is 1. The molecule has 6 nitrogen and oxygen atoms in total. The highest BCUT2D eigenvalue weighted by Crippen LogP contribution is 2.25. The zero-order valence-electron chi connectivity index (χ0n) is 16.4. The van der Waals surface area contributed by atoms with Crippen molar-refractivity contribution in [2.75, 3.05) is 18.7 Å². The van der Waals surface area contributed by atoms with Gasteiger partial charge < -0.3 is 15.0 Å². The molecule has 0 unspecified atom stereocenters. The van der Waals surface area contributed by atoms with Crippen LogP contribution >= 0.6 is 11.8 Å². The molecule has 0 fully saturated rings. The number of ether oxygens (including phenoxy) is 1. The van der Waals surface area contributed by atoms with Crippen LogP contribution in [0.25, 0.3) is 11.0 Å². The summed E-state index contributed by atoms with van der Waals surface area (Å²) in [4.78, 5) is 16.4. The molecule has 4 aromatic heterocycles. The highest BCUT2D eigenvalue weighted by Gasteiger charge is 2.12. The molecule has 0 radical (unpaired) electrons. The second-order valence-corrected chi connectivity index (χ2v) is 7.48. The second kappa shape index (κ2) is 8.66. The van der Waals surface area contributed by atoms with Crippen molar-refractivity contribution >= 4 is 28.6 Å². The number of methoxy groups -OCH3 is 1. The number of pyridine rings is 3. The van der Waals surface area contributed by atoms with E-state index < -0.39 is 11.8 Å². The van der Waals surface area contributed by atoms with E-state index in [1.165, 1.54) is 19.4 Å². The van der Waals surface area contributed by atoms with Gasteiger partial charge in [-0.1, -0.05) is 6.07 Å². The van der Waals surface area contributed by atoms with Crippen LogP contribution in [0.2, 0.25) is 0 Å². The molecule has 9 heteroatoms. The molecular formula is C21H19F2N5OS. The Morgan fingerprint density at radius 1 is 1.13 bits per heavy atom. The predicted molar refractivity (Wildman–Crippen MR) is 113 cm³/mol. The molecule has 0 aliphatic carbocycles. The van der Waals surface area contributed by atoms with E-state index in [-0.39, 0.29) is 12.4 Å². The van der Waals surface area contributed by atoms with Gasteiger partial charge in [0.25, 0.3) is 0 Å². The van der Waals surface area contributed by atoms with Crippen LogP contribution in [0.15, 0.2) is 47.8 Å². The molecule has 0 amide bonds. The number of nitrogens with one attached hydrogen (secondary N) is 2. The van der Waals surface area contributed by atoms with Crippen molar-refractivity contribution in [1.29, 1.82) is 0 Å². The number of thioether (sulfide) groups is 1. The summed E-state index contributed by atoms with van der Waals surface area (Å²) in [6, 6.07) is 6.76. The van der Waals surface area contributed by atoms with Crippen LogP contribution in [0, 0.1) is 11.8 Å². The number of halogens is 2. The van der Waals surface area contributed by atoms with E-state index in [0.29, 0.717) is 23.4 Å². The average Bonchev–Trinajstić information content (AvgIpc) is 3.16. The zero-order chi connectivity index (χ0) is 21.1. The Labute approximate surface area is 176 Å². The summed E-state index contributed by atoms with van der Waals surface area (Å²) in [5, 5.41) is 3.95. The van der Waals surface area contributed by atoms with E-state index in [2.05, 4.69) is 25.3 Å². The van der Waals surface area contributed by atoms with Crippen molar-refractivity contribution in [2.45, 2.75) is 17.9 Å². The fourth-order valence-electron chi connectivity index (χ4n) is 3.10. The lowest BCUT2D eigenvalue weighted by atomic mass is 10.1. The molecular weight excluding hydrogens is 408 g/mol. The summed E-state index contributed by atoms with van der Waals surface area (Å²) in [5.41, 5.74) is 2.80. The first-order valence-corrected chi connectivity index (χ1v) is 10.4. The quantitative estimate of drug-likeness (QED) is 0.333. The van der Waals surface area contributed by atoms with Gasteiger partial charge >= 0.3 is 0 Å². The number of H-pyrrole nitrogens is 1. The van der Waals surface area contributed by atoms with E-state index in [4.69, 9.17) is 4.74 Å². The Morgan fingerprint density at radius 2 is 2.00 bits per heavy atom. The molecule has 0 saturated heterocycles. The van der Waals surface area contributed by atoms with Crippen LogP contribution in [-0.2, 0) is 13.0 Å². The Hall–Kier alpha value is -3.20. The highest BCUT2D eigenvalue weighted by molar-refractivity contribution is 7.98. The number of fused-ring (bicyclic) bond motifs is 1. The third-order valence-corrected chi connectivity index (χ3v) is 5.36. The molecule has 30 heavy (non-hydrogen) atoms. The van der Waals surface area contributed by atoms with Crippen molar-refractivity contribution in [2.24, 2.45) is 0 Å². The summed E-state index contributed by atoms with van der Waals surface area (Å²) >= 11 is 1.61. The van der Waals surface area contributed by atoms with Crippen LogP contribution in [0.5, 0.6) is 5.88 Å². The Balaban J connectivity index is 1.48. The molecule has 0 bridgehead atoms. The maximum Gasteiger partial charge on any atom is 0.250 e. The van der Waals surface area contributed by atoms with Crippen LogP contribution in [0.1, 0.15) is 16.7 Å². The van der Waals surface area contributed by atoms with E-state index in [9.17, 15) is 8.78 Å². The van der Waals surface area contributed by atoms with Gasteiger partial charge in [0.1, 0.15) is 11.5 Å². The van der Waals surface area contributed by atoms with Gasteiger partial charge in [-0.3, -0.25) is 0 Å². The summed E-state index contributed by atoms with van der Waals surface area (Å²) < 4.78 is 33.1. The van der Waals surface area contributed by atoms with Gasteiger partial charge in [-0.2, -0.15) is 4.39 Å². The van der Waals surface area contributed by atoms with Gasteiger partial charge in [0.15, 0.2) is 5.82 Å². The monoisotopic (exact) mass is 427 g/mol. The molecule has 2 N–H and O–H groups in total. The Bertz CT molecular complexity index is 1200. The van der Waals surface area contributed by atoms with E-state index in [1.807, 2.05) is 18.5 Å². The van der Waals surface area contributed by atoms with Crippen molar-refractivity contribution < 1.29 is 13.5 Å². The third-order valence-electron chi connectivity index (χ3n) is 4.67.